The lowest BCUT2D eigenvalue weighted by Gasteiger charge is -2.19. The van der Waals surface area contributed by atoms with Crippen molar-refractivity contribution < 1.29 is 13.2 Å². The van der Waals surface area contributed by atoms with E-state index in [0.717, 1.165) is 0 Å². The average molecular weight is 486 g/mol. The number of benzene rings is 3. The highest BCUT2D eigenvalue weighted by molar-refractivity contribution is 7.92. The van der Waals surface area contributed by atoms with Crippen molar-refractivity contribution in [2.24, 2.45) is 0 Å². The van der Waals surface area contributed by atoms with Crippen LogP contribution in [0.1, 0.15) is 5.56 Å². The lowest BCUT2D eigenvalue weighted by molar-refractivity contribution is -0.115. The molecule has 0 fully saturated rings. The van der Waals surface area contributed by atoms with Crippen LogP contribution in [-0.2, 0) is 14.8 Å². The molecule has 32 heavy (non-hydrogen) atoms. The van der Waals surface area contributed by atoms with Crippen LogP contribution in [0.2, 0.25) is 5.02 Å². The number of halogens is 1. The molecule has 0 atom stereocenters. The van der Waals surface area contributed by atoms with E-state index in [-0.39, 0.29) is 10.0 Å². The van der Waals surface area contributed by atoms with Crippen molar-refractivity contribution in [3.05, 3.63) is 95.5 Å². The number of nitrogens with zero attached hydrogens (tertiary/aromatic N) is 1. The predicted octanol–water partition coefficient (Wildman–Crippen LogP) is 4.69. The van der Waals surface area contributed by atoms with Gasteiger partial charge in [-0.05, 0) is 66.3 Å². The molecule has 0 aromatic heterocycles. The van der Waals surface area contributed by atoms with Crippen LogP contribution >= 0.6 is 23.8 Å². The maximum absolute atomic E-state index is 12.8. The van der Waals surface area contributed by atoms with Crippen molar-refractivity contribution >= 4 is 62.3 Å². The van der Waals surface area contributed by atoms with Crippen molar-refractivity contribution in [3.8, 4) is 0 Å². The minimum atomic E-state index is -3.71. The second-order valence-electron chi connectivity index (χ2n) is 6.63. The van der Waals surface area contributed by atoms with Crippen molar-refractivity contribution in [3.63, 3.8) is 0 Å². The van der Waals surface area contributed by atoms with E-state index in [4.69, 9.17) is 23.8 Å². The highest BCUT2D eigenvalue weighted by Gasteiger charge is 2.21. The summed E-state index contributed by atoms with van der Waals surface area (Å²) < 4.78 is 26.9. The Balaban J connectivity index is 1.61. The monoisotopic (exact) mass is 485 g/mol. The van der Waals surface area contributed by atoms with E-state index in [0.29, 0.717) is 22.0 Å². The molecule has 0 aliphatic rings. The minimum absolute atomic E-state index is 0.0795. The molecule has 0 saturated heterocycles. The van der Waals surface area contributed by atoms with Gasteiger partial charge in [-0.3, -0.25) is 14.4 Å². The molecular weight excluding hydrogens is 466 g/mol. The number of hydrogen-bond acceptors (Lipinski definition) is 4. The summed E-state index contributed by atoms with van der Waals surface area (Å²) in [7, 11) is -2.21. The molecule has 0 aliphatic carbocycles. The maximum Gasteiger partial charge on any atom is 0.264 e. The van der Waals surface area contributed by atoms with Crippen molar-refractivity contribution in [1.29, 1.82) is 0 Å². The Hall–Kier alpha value is -3.20. The molecule has 0 aliphatic heterocycles. The van der Waals surface area contributed by atoms with Gasteiger partial charge in [0, 0.05) is 23.8 Å². The highest BCUT2D eigenvalue weighted by atomic mass is 35.5. The summed E-state index contributed by atoms with van der Waals surface area (Å²) in [5.41, 5.74) is 1.80. The summed E-state index contributed by atoms with van der Waals surface area (Å²) in [6.45, 7) is 0. The summed E-state index contributed by atoms with van der Waals surface area (Å²) in [5, 5.41) is 5.99. The lowest BCUT2D eigenvalue weighted by Crippen LogP contribution is -2.32. The van der Waals surface area contributed by atoms with Gasteiger partial charge in [-0.25, -0.2) is 8.42 Å². The zero-order valence-electron chi connectivity index (χ0n) is 17.0. The molecule has 3 aromatic rings. The van der Waals surface area contributed by atoms with E-state index >= 15 is 0 Å². The first-order valence-corrected chi connectivity index (χ1v) is 11.7. The van der Waals surface area contributed by atoms with E-state index in [1.165, 1.54) is 29.6 Å². The Bertz CT molecular complexity index is 1240. The molecule has 9 heteroatoms. The molecule has 0 unspecified atom stereocenters. The summed E-state index contributed by atoms with van der Waals surface area (Å²) in [6.07, 6.45) is 2.91. The van der Waals surface area contributed by atoms with E-state index in [9.17, 15) is 13.2 Å². The van der Waals surface area contributed by atoms with E-state index < -0.39 is 15.9 Å². The van der Waals surface area contributed by atoms with Gasteiger partial charge in [0.15, 0.2) is 5.11 Å². The highest BCUT2D eigenvalue weighted by Crippen LogP contribution is 2.23. The normalized spacial score (nSPS) is 11.2. The van der Waals surface area contributed by atoms with Crippen molar-refractivity contribution in [2.75, 3.05) is 16.7 Å². The van der Waals surface area contributed by atoms with Crippen LogP contribution < -0.4 is 14.9 Å². The molecular formula is C23H20ClN3O3S2. The van der Waals surface area contributed by atoms with Gasteiger partial charge >= 0.3 is 0 Å². The molecule has 0 spiro atoms. The van der Waals surface area contributed by atoms with Gasteiger partial charge in [0.05, 0.1) is 10.6 Å². The lowest BCUT2D eigenvalue weighted by atomic mass is 10.2. The van der Waals surface area contributed by atoms with E-state index in [1.807, 2.05) is 12.1 Å². The topological polar surface area (TPSA) is 78.5 Å². The van der Waals surface area contributed by atoms with Gasteiger partial charge in [-0.1, -0.05) is 48.0 Å². The summed E-state index contributed by atoms with van der Waals surface area (Å²) in [5.74, 6) is -0.425. The number of thiocarbonyl (C=S) groups is 1. The minimum Gasteiger partial charge on any atom is -0.332 e. The SMILES string of the molecule is CN(c1ccccc1)S(=O)(=O)c1ccc(NC(=S)NC(=O)/C=C\c2ccccc2Cl)cc1. The van der Waals surface area contributed by atoms with Crippen LogP contribution in [0.4, 0.5) is 11.4 Å². The molecule has 2 N–H and O–H groups in total. The fraction of sp³-hybridized carbons (Fsp3) is 0.0435. The second-order valence-corrected chi connectivity index (χ2v) is 9.42. The molecule has 3 aromatic carbocycles. The second kappa shape index (κ2) is 10.4. The standard InChI is InChI=1S/C23H20ClN3O3S2/c1-27(19-8-3-2-4-9-19)32(29,30)20-14-12-18(13-15-20)25-23(31)26-22(28)16-11-17-7-5-6-10-21(17)24/h2-16H,1H3,(H2,25,26,28,31)/b16-11-. The number of rotatable bonds is 6. The molecule has 1 amide bonds. The summed E-state index contributed by atoms with van der Waals surface area (Å²) in [6, 6.07) is 22.0. The van der Waals surface area contributed by atoms with Crippen LogP contribution in [0.5, 0.6) is 0 Å². The number of sulfonamides is 1. The quantitative estimate of drug-likeness (QED) is 0.391. The van der Waals surface area contributed by atoms with Crippen LogP contribution in [0.15, 0.2) is 89.8 Å². The van der Waals surface area contributed by atoms with Crippen LogP contribution in [0.3, 0.4) is 0 Å². The molecule has 0 bridgehead atoms. The largest absolute Gasteiger partial charge is 0.332 e. The fourth-order valence-corrected chi connectivity index (χ4v) is 4.35. The number of anilines is 2. The number of hydrogen-bond donors (Lipinski definition) is 2. The van der Waals surface area contributed by atoms with Gasteiger partial charge in [-0.15, -0.1) is 0 Å². The molecule has 0 radical (unpaired) electrons. The van der Waals surface area contributed by atoms with Gasteiger partial charge < -0.3 is 5.32 Å². The first kappa shape index (κ1) is 23.5. The molecule has 0 saturated carbocycles. The Morgan fingerprint density at radius 2 is 1.59 bits per heavy atom. The first-order valence-electron chi connectivity index (χ1n) is 9.46. The van der Waals surface area contributed by atoms with Gasteiger partial charge in [-0.2, -0.15) is 0 Å². The van der Waals surface area contributed by atoms with Crippen molar-refractivity contribution in [1.82, 2.24) is 5.32 Å². The maximum atomic E-state index is 12.8. The Morgan fingerprint density at radius 3 is 2.25 bits per heavy atom. The van der Waals surface area contributed by atoms with Crippen molar-refractivity contribution in [2.45, 2.75) is 4.90 Å². The third kappa shape index (κ3) is 5.94. The van der Waals surface area contributed by atoms with Crippen LogP contribution in [0.25, 0.3) is 6.08 Å². The number of carbonyl (C=O) groups is 1. The molecule has 3 rings (SSSR count). The zero-order valence-corrected chi connectivity index (χ0v) is 19.4. The summed E-state index contributed by atoms with van der Waals surface area (Å²) >= 11 is 11.2. The Labute approximate surface area is 197 Å². The first-order chi connectivity index (χ1) is 15.3. The zero-order chi connectivity index (χ0) is 23.1. The third-order valence-corrected chi connectivity index (χ3v) is 6.79. The van der Waals surface area contributed by atoms with E-state index in [2.05, 4.69) is 10.6 Å². The number of nitrogens with one attached hydrogen (secondary N) is 2. The summed E-state index contributed by atoms with van der Waals surface area (Å²) in [4.78, 5) is 12.2. The number of amides is 1. The Kier molecular flexibility index (Phi) is 7.63. The Morgan fingerprint density at radius 1 is 0.969 bits per heavy atom. The average Bonchev–Trinajstić information content (AvgIpc) is 2.79. The fourth-order valence-electron chi connectivity index (χ4n) is 2.74. The van der Waals surface area contributed by atoms with Crippen LogP contribution in [-0.4, -0.2) is 26.5 Å². The molecule has 164 valence electrons. The third-order valence-electron chi connectivity index (χ3n) is 4.45. The van der Waals surface area contributed by atoms with Crippen LogP contribution in [0, 0.1) is 0 Å². The van der Waals surface area contributed by atoms with Gasteiger partial charge in [0.1, 0.15) is 0 Å². The molecule has 6 nitrogen and oxygen atoms in total. The predicted molar refractivity (Wildman–Crippen MR) is 133 cm³/mol. The number of para-hydroxylation sites is 1. The van der Waals surface area contributed by atoms with E-state index in [1.54, 1.807) is 60.7 Å². The smallest absolute Gasteiger partial charge is 0.264 e. The van der Waals surface area contributed by atoms with Gasteiger partial charge in [0.25, 0.3) is 10.0 Å². The number of carbonyl (C=O) groups excluding carboxylic acids is 1. The van der Waals surface area contributed by atoms with Gasteiger partial charge in [0.2, 0.25) is 5.91 Å². The molecule has 0 heterocycles.